The molecule has 0 fully saturated rings. The molecule has 3 rings (SSSR count). The predicted octanol–water partition coefficient (Wildman–Crippen LogP) is 3.93. The second-order valence-electron chi connectivity index (χ2n) is 5.12. The number of nitrogens with one attached hydrogen (secondary N) is 2. The lowest BCUT2D eigenvalue weighted by Gasteiger charge is -2.11. The molecule has 0 aliphatic carbocycles. The topological polar surface area (TPSA) is 76.1 Å². The number of hydrogen-bond acceptors (Lipinski definition) is 5. The molecular weight excluding hydrogens is 336 g/mol. The number of aromatic nitrogens is 2. The van der Waals surface area contributed by atoms with E-state index >= 15 is 0 Å². The van der Waals surface area contributed by atoms with Crippen molar-refractivity contribution in [1.82, 2.24) is 15.3 Å². The SMILES string of the molecule is CCOc1ncccc1CNC(=O)Nc1ccc(-c2nccs2)cc1. The van der Waals surface area contributed by atoms with Gasteiger partial charge in [-0.2, -0.15) is 0 Å². The molecule has 3 aromatic rings. The molecular formula is C18H18N4O2S. The Balaban J connectivity index is 1.56. The van der Waals surface area contributed by atoms with Crippen LogP contribution < -0.4 is 15.4 Å². The molecule has 0 atom stereocenters. The number of thiazole rings is 1. The minimum absolute atomic E-state index is 0.284. The van der Waals surface area contributed by atoms with E-state index in [0.29, 0.717) is 24.7 Å². The van der Waals surface area contributed by atoms with E-state index in [9.17, 15) is 4.79 Å². The highest BCUT2D eigenvalue weighted by atomic mass is 32.1. The summed E-state index contributed by atoms with van der Waals surface area (Å²) in [5, 5.41) is 8.51. The molecule has 7 heteroatoms. The van der Waals surface area contributed by atoms with Crippen LogP contribution in [0.3, 0.4) is 0 Å². The fraction of sp³-hybridized carbons (Fsp3) is 0.167. The van der Waals surface area contributed by atoms with Crippen LogP contribution in [-0.4, -0.2) is 22.6 Å². The molecule has 2 aromatic heterocycles. The van der Waals surface area contributed by atoms with Crippen LogP contribution in [0.5, 0.6) is 5.88 Å². The summed E-state index contributed by atoms with van der Waals surface area (Å²) in [6.45, 7) is 2.77. The van der Waals surface area contributed by atoms with Gasteiger partial charge in [0.15, 0.2) is 0 Å². The molecule has 0 saturated heterocycles. The highest BCUT2D eigenvalue weighted by Gasteiger charge is 2.07. The van der Waals surface area contributed by atoms with Crippen molar-refractivity contribution in [2.24, 2.45) is 0 Å². The zero-order chi connectivity index (χ0) is 17.5. The number of anilines is 1. The van der Waals surface area contributed by atoms with Gasteiger partial charge in [-0.1, -0.05) is 6.07 Å². The first-order valence-electron chi connectivity index (χ1n) is 7.87. The highest BCUT2D eigenvalue weighted by molar-refractivity contribution is 7.13. The third-order valence-corrected chi connectivity index (χ3v) is 4.21. The number of pyridine rings is 1. The Labute approximate surface area is 149 Å². The lowest BCUT2D eigenvalue weighted by Crippen LogP contribution is -2.28. The second kappa shape index (κ2) is 8.25. The van der Waals surface area contributed by atoms with Crippen LogP contribution in [0.2, 0.25) is 0 Å². The third-order valence-electron chi connectivity index (χ3n) is 3.39. The fourth-order valence-electron chi connectivity index (χ4n) is 2.24. The summed E-state index contributed by atoms with van der Waals surface area (Å²) in [6.07, 6.45) is 3.44. The van der Waals surface area contributed by atoms with Crippen LogP contribution in [0.15, 0.2) is 54.2 Å². The largest absolute Gasteiger partial charge is 0.478 e. The van der Waals surface area contributed by atoms with Gasteiger partial charge < -0.3 is 15.4 Å². The first-order valence-corrected chi connectivity index (χ1v) is 8.75. The molecule has 1 aromatic carbocycles. The molecule has 0 aliphatic heterocycles. The molecule has 2 amide bonds. The Kier molecular flexibility index (Phi) is 5.58. The van der Waals surface area contributed by atoms with Gasteiger partial charge in [0.2, 0.25) is 5.88 Å². The average Bonchev–Trinajstić information content (AvgIpc) is 3.17. The van der Waals surface area contributed by atoms with Crippen LogP contribution in [0.25, 0.3) is 10.6 Å². The standard InChI is InChI=1S/C18H18N4O2S/c1-2-24-16-14(4-3-9-19-16)12-21-18(23)22-15-7-5-13(6-8-15)17-20-10-11-25-17/h3-11H,2,12H2,1H3,(H2,21,22,23). The number of ether oxygens (including phenoxy) is 1. The van der Waals surface area contributed by atoms with Crippen LogP contribution in [0, 0.1) is 0 Å². The molecule has 0 aliphatic rings. The molecule has 0 radical (unpaired) electrons. The van der Waals surface area contributed by atoms with Crippen molar-refractivity contribution < 1.29 is 9.53 Å². The second-order valence-corrected chi connectivity index (χ2v) is 6.02. The van der Waals surface area contributed by atoms with Gasteiger partial charge in [-0.25, -0.2) is 14.8 Å². The number of nitrogens with zero attached hydrogens (tertiary/aromatic N) is 2. The summed E-state index contributed by atoms with van der Waals surface area (Å²) in [6, 6.07) is 11.0. The van der Waals surface area contributed by atoms with E-state index in [1.807, 2.05) is 48.7 Å². The van der Waals surface area contributed by atoms with Crippen LogP contribution in [0.1, 0.15) is 12.5 Å². The maximum atomic E-state index is 12.1. The Morgan fingerprint density at radius 2 is 2.00 bits per heavy atom. The number of carbonyl (C=O) groups excluding carboxylic acids is 1. The van der Waals surface area contributed by atoms with Crippen LogP contribution in [-0.2, 0) is 6.54 Å². The summed E-state index contributed by atoms with van der Waals surface area (Å²) in [7, 11) is 0. The van der Waals surface area contributed by atoms with Gasteiger partial charge >= 0.3 is 6.03 Å². The van der Waals surface area contributed by atoms with Crippen molar-refractivity contribution >= 4 is 23.1 Å². The van der Waals surface area contributed by atoms with Crippen molar-refractivity contribution in [2.75, 3.05) is 11.9 Å². The number of urea groups is 1. The monoisotopic (exact) mass is 354 g/mol. The molecule has 6 nitrogen and oxygen atoms in total. The maximum Gasteiger partial charge on any atom is 0.319 e. The maximum absolute atomic E-state index is 12.1. The zero-order valence-electron chi connectivity index (χ0n) is 13.7. The van der Waals surface area contributed by atoms with Crippen molar-refractivity contribution in [3.8, 4) is 16.5 Å². The normalized spacial score (nSPS) is 10.3. The van der Waals surface area contributed by atoms with E-state index < -0.39 is 0 Å². The predicted molar refractivity (Wildman–Crippen MR) is 98.8 cm³/mol. The van der Waals surface area contributed by atoms with Crippen molar-refractivity contribution in [2.45, 2.75) is 13.5 Å². The van der Waals surface area contributed by atoms with E-state index in [4.69, 9.17) is 4.74 Å². The quantitative estimate of drug-likeness (QED) is 0.703. The first-order chi connectivity index (χ1) is 12.3. The first kappa shape index (κ1) is 16.9. The Morgan fingerprint density at radius 3 is 2.72 bits per heavy atom. The molecule has 2 heterocycles. The lowest BCUT2D eigenvalue weighted by molar-refractivity contribution is 0.251. The third kappa shape index (κ3) is 4.54. The zero-order valence-corrected chi connectivity index (χ0v) is 14.5. The van der Waals surface area contributed by atoms with Gasteiger partial charge in [-0.15, -0.1) is 11.3 Å². The lowest BCUT2D eigenvalue weighted by atomic mass is 10.2. The summed E-state index contributed by atoms with van der Waals surface area (Å²) in [4.78, 5) is 20.5. The van der Waals surface area contributed by atoms with Gasteiger partial charge in [0, 0.05) is 41.1 Å². The Morgan fingerprint density at radius 1 is 1.16 bits per heavy atom. The van der Waals surface area contributed by atoms with Crippen molar-refractivity contribution in [3.05, 3.63) is 59.7 Å². The number of carbonyl (C=O) groups is 1. The highest BCUT2D eigenvalue weighted by Crippen LogP contribution is 2.23. The average molecular weight is 354 g/mol. The van der Waals surface area contributed by atoms with E-state index in [0.717, 1.165) is 16.1 Å². The minimum atomic E-state index is -0.284. The molecule has 128 valence electrons. The fourth-order valence-corrected chi connectivity index (χ4v) is 2.88. The molecule has 0 unspecified atom stereocenters. The summed E-state index contributed by atoms with van der Waals surface area (Å²) < 4.78 is 5.45. The van der Waals surface area contributed by atoms with Gasteiger partial charge in [0.1, 0.15) is 5.01 Å². The summed E-state index contributed by atoms with van der Waals surface area (Å²) in [5.74, 6) is 0.540. The van der Waals surface area contributed by atoms with Gasteiger partial charge in [-0.3, -0.25) is 0 Å². The molecule has 2 N–H and O–H groups in total. The molecule has 25 heavy (non-hydrogen) atoms. The summed E-state index contributed by atoms with van der Waals surface area (Å²) in [5.41, 5.74) is 2.57. The van der Waals surface area contributed by atoms with Crippen LogP contribution in [0.4, 0.5) is 10.5 Å². The Hall–Kier alpha value is -2.93. The van der Waals surface area contributed by atoms with E-state index in [1.54, 1.807) is 23.7 Å². The number of benzene rings is 1. The van der Waals surface area contributed by atoms with Crippen LogP contribution >= 0.6 is 11.3 Å². The Bertz CT molecular complexity index is 819. The van der Waals surface area contributed by atoms with Gasteiger partial charge in [0.25, 0.3) is 0 Å². The van der Waals surface area contributed by atoms with Gasteiger partial charge in [0.05, 0.1) is 6.61 Å². The van der Waals surface area contributed by atoms with Gasteiger partial charge in [-0.05, 0) is 37.3 Å². The van der Waals surface area contributed by atoms with E-state index in [-0.39, 0.29) is 6.03 Å². The number of hydrogen-bond donors (Lipinski definition) is 2. The van der Waals surface area contributed by atoms with E-state index in [2.05, 4.69) is 20.6 Å². The molecule has 0 bridgehead atoms. The smallest absolute Gasteiger partial charge is 0.319 e. The van der Waals surface area contributed by atoms with E-state index in [1.165, 1.54) is 0 Å². The number of amides is 2. The van der Waals surface area contributed by atoms with Crippen molar-refractivity contribution in [3.63, 3.8) is 0 Å². The molecule has 0 spiro atoms. The summed E-state index contributed by atoms with van der Waals surface area (Å²) >= 11 is 1.58. The molecule has 0 saturated carbocycles. The minimum Gasteiger partial charge on any atom is -0.478 e. The van der Waals surface area contributed by atoms with Crippen molar-refractivity contribution in [1.29, 1.82) is 0 Å². The number of rotatable bonds is 6.